The van der Waals surface area contributed by atoms with Gasteiger partial charge in [0.05, 0.1) is 0 Å². The molecule has 4 heteroatoms. The predicted octanol–water partition coefficient (Wildman–Crippen LogP) is 0.164. The fourth-order valence-corrected chi connectivity index (χ4v) is 2.09. The van der Waals surface area contributed by atoms with Crippen LogP contribution in [0.25, 0.3) is 0 Å². The van der Waals surface area contributed by atoms with Gasteiger partial charge in [0.2, 0.25) is 0 Å². The lowest BCUT2D eigenvalue weighted by Gasteiger charge is -2.35. The molecule has 0 aromatic heterocycles. The second-order valence-electron chi connectivity index (χ2n) is 5.60. The monoisotopic (exact) mass is 242 g/mol. The Kier molecular flexibility index (Phi) is 7.04. The fourth-order valence-electron chi connectivity index (χ4n) is 2.09. The lowest BCUT2D eigenvalue weighted by molar-refractivity contribution is 0.125. The molecular weight excluding hydrogens is 212 g/mol. The summed E-state index contributed by atoms with van der Waals surface area (Å²) in [5.74, 6) is 0. The van der Waals surface area contributed by atoms with Gasteiger partial charge in [0.25, 0.3) is 0 Å². The number of nitrogens with zero attached hydrogens (tertiary/aromatic N) is 3. The van der Waals surface area contributed by atoms with Gasteiger partial charge in [-0.25, -0.2) is 0 Å². The van der Waals surface area contributed by atoms with Crippen molar-refractivity contribution in [2.24, 2.45) is 0 Å². The van der Waals surface area contributed by atoms with Gasteiger partial charge in [-0.15, -0.1) is 0 Å². The van der Waals surface area contributed by atoms with Crippen molar-refractivity contribution >= 4 is 0 Å². The Morgan fingerprint density at radius 3 is 2.00 bits per heavy atom. The van der Waals surface area contributed by atoms with Crippen LogP contribution >= 0.6 is 0 Å². The summed E-state index contributed by atoms with van der Waals surface area (Å²) in [4.78, 5) is 7.41. The van der Waals surface area contributed by atoms with Gasteiger partial charge >= 0.3 is 0 Å². The topological polar surface area (TPSA) is 21.8 Å². The van der Waals surface area contributed by atoms with Crippen LogP contribution in [0.5, 0.6) is 0 Å². The van der Waals surface area contributed by atoms with Gasteiger partial charge in [0, 0.05) is 58.4 Å². The van der Waals surface area contributed by atoms with Crippen molar-refractivity contribution in [3.63, 3.8) is 0 Å². The first kappa shape index (κ1) is 14.9. The normalized spacial score (nSPS) is 19.4. The lowest BCUT2D eigenvalue weighted by Crippen LogP contribution is -2.49. The van der Waals surface area contributed by atoms with Gasteiger partial charge in [0.1, 0.15) is 0 Å². The molecule has 0 unspecified atom stereocenters. The Hall–Kier alpha value is -0.160. The Morgan fingerprint density at radius 1 is 1.00 bits per heavy atom. The number of likely N-dealkylation sites (N-methyl/N-ethyl adjacent to an activating group) is 1. The third-order valence-electron chi connectivity index (χ3n) is 3.31. The number of rotatable bonds is 7. The molecule has 0 bridgehead atoms. The van der Waals surface area contributed by atoms with Crippen molar-refractivity contribution in [2.75, 3.05) is 66.5 Å². The number of hydrogen-bond donors (Lipinski definition) is 1. The quantitative estimate of drug-likeness (QED) is 0.687. The van der Waals surface area contributed by atoms with Crippen molar-refractivity contribution < 1.29 is 0 Å². The van der Waals surface area contributed by atoms with Crippen LogP contribution in [0.3, 0.4) is 0 Å². The molecule has 1 rings (SSSR count). The van der Waals surface area contributed by atoms with Crippen molar-refractivity contribution in [1.82, 2.24) is 20.0 Å². The summed E-state index contributed by atoms with van der Waals surface area (Å²) in [7, 11) is 4.29. The van der Waals surface area contributed by atoms with Crippen LogP contribution < -0.4 is 5.32 Å². The Bertz CT molecular complexity index is 186. The fraction of sp³-hybridized carbons (Fsp3) is 1.00. The summed E-state index contributed by atoms with van der Waals surface area (Å²) >= 11 is 0. The maximum absolute atomic E-state index is 3.48. The number of piperazine rings is 1. The highest BCUT2D eigenvalue weighted by Gasteiger charge is 2.15. The molecule has 1 heterocycles. The summed E-state index contributed by atoms with van der Waals surface area (Å²) in [6, 6.07) is 0.608. The molecule has 0 aliphatic carbocycles. The zero-order valence-electron chi connectivity index (χ0n) is 12.1. The molecule has 0 saturated carbocycles. The molecule has 17 heavy (non-hydrogen) atoms. The molecule has 1 N–H and O–H groups in total. The van der Waals surface area contributed by atoms with E-state index in [4.69, 9.17) is 0 Å². The highest BCUT2D eigenvalue weighted by Crippen LogP contribution is 2.00. The molecule has 4 nitrogen and oxygen atoms in total. The van der Waals surface area contributed by atoms with Crippen molar-refractivity contribution in [2.45, 2.75) is 19.9 Å². The molecule has 1 fully saturated rings. The van der Waals surface area contributed by atoms with Gasteiger partial charge < -0.3 is 10.2 Å². The molecule has 0 amide bonds. The highest BCUT2D eigenvalue weighted by molar-refractivity contribution is 4.73. The van der Waals surface area contributed by atoms with E-state index in [1.807, 2.05) is 0 Å². The van der Waals surface area contributed by atoms with Gasteiger partial charge in [-0.3, -0.25) is 9.80 Å². The van der Waals surface area contributed by atoms with E-state index in [1.165, 1.54) is 45.8 Å². The van der Waals surface area contributed by atoms with Crippen LogP contribution in [-0.4, -0.2) is 87.2 Å². The largest absolute Gasteiger partial charge is 0.313 e. The minimum atomic E-state index is 0.608. The molecule has 0 aromatic rings. The second-order valence-corrected chi connectivity index (χ2v) is 5.60. The summed E-state index contributed by atoms with van der Waals surface area (Å²) in [5.41, 5.74) is 0. The van der Waals surface area contributed by atoms with Gasteiger partial charge in [-0.2, -0.15) is 0 Å². The van der Waals surface area contributed by atoms with E-state index >= 15 is 0 Å². The minimum absolute atomic E-state index is 0.608. The molecule has 102 valence electrons. The molecule has 0 radical (unpaired) electrons. The highest BCUT2D eigenvalue weighted by atomic mass is 15.3. The third-order valence-corrected chi connectivity index (χ3v) is 3.31. The Balaban J connectivity index is 2.05. The van der Waals surface area contributed by atoms with E-state index < -0.39 is 0 Å². The molecule has 1 aliphatic rings. The predicted molar refractivity (Wildman–Crippen MR) is 74.6 cm³/mol. The smallest absolute Gasteiger partial charge is 0.0110 e. The van der Waals surface area contributed by atoms with E-state index in [0.29, 0.717) is 6.04 Å². The number of hydrogen-bond acceptors (Lipinski definition) is 4. The maximum Gasteiger partial charge on any atom is 0.0110 e. The number of nitrogens with one attached hydrogen (secondary N) is 1. The van der Waals surface area contributed by atoms with Crippen molar-refractivity contribution in [3.8, 4) is 0 Å². The van der Waals surface area contributed by atoms with Crippen LogP contribution in [0.2, 0.25) is 0 Å². The average molecular weight is 242 g/mol. The van der Waals surface area contributed by atoms with Crippen LogP contribution in [0.4, 0.5) is 0 Å². The van der Waals surface area contributed by atoms with E-state index in [9.17, 15) is 0 Å². The van der Waals surface area contributed by atoms with Gasteiger partial charge in [0.15, 0.2) is 0 Å². The summed E-state index contributed by atoms with van der Waals surface area (Å²) in [6.07, 6.45) is 0. The molecule has 0 aromatic carbocycles. The first-order valence-corrected chi connectivity index (χ1v) is 6.90. The van der Waals surface area contributed by atoms with Crippen LogP contribution in [0.1, 0.15) is 13.8 Å². The Morgan fingerprint density at radius 2 is 1.53 bits per heavy atom. The van der Waals surface area contributed by atoms with Gasteiger partial charge in [-0.1, -0.05) is 13.8 Å². The molecule has 0 spiro atoms. The SMILES string of the molecule is CC(C)NCCN1CCN(CCN(C)C)CC1. The summed E-state index contributed by atoms with van der Waals surface area (Å²) in [5, 5.41) is 3.48. The van der Waals surface area contributed by atoms with Gasteiger partial charge in [-0.05, 0) is 14.1 Å². The Labute approximate surface area is 107 Å². The third kappa shape index (κ3) is 6.99. The van der Waals surface area contributed by atoms with Crippen LogP contribution in [-0.2, 0) is 0 Å². The summed E-state index contributed by atoms with van der Waals surface area (Å²) < 4.78 is 0. The average Bonchev–Trinajstić information content (AvgIpc) is 2.27. The second kappa shape index (κ2) is 8.03. The van der Waals surface area contributed by atoms with E-state index in [2.05, 4.69) is 48.0 Å². The van der Waals surface area contributed by atoms with Crippen LogP contribution in [0.15, 0.2) is 0 Å². The molecule has 1 saturated heterocycles. The minimum Gasteiger partial charge on any atom is -0.313 e. The molecule has 1 aliphatic heterocycles. The van der Waals surface area contributed by atoms with E-state index in [1.54, 1.807) is 0 Å². The standard InChI is InChI=1S/C13H30N4/c1-13(2)14-5-6-16-9-11-17(12-10-16)8-7-15(3)4/h13-14H,5-12H2,1-4H3. The van der Waals surface area contributed by atoms with Crippen molar-refractivity contribution in [1.29, 1.82) is 0 Å². The lowest BCUT2D eigenvalue weighted by atomic mass is 10.3. The zero-order valence-corrected chi connectivity index (χ0v) is 12.1. The first-order chi connectivity index (χ1) is 8.08. The van der Waals surface area contributed by atoms with E-state index in [-0.39, 0.29) is 0 Å². The maximum atomic E-state index is 3.48. The van der Waals surface area contributed by atoms with Crippen molar-refractivity contribution in [3.05, 3.63) is 0 Å². The van der Waals surface area contributed by atoms with E-state index in [0.717, 1.165) is 6.54 Å². The molecular formula is C13H30N4. The first-order valence-electron chi connectivity index (χ1n) is 6.90. The zero-order chi connectivity index (χ0) is 12.7. The van der Waals surface area contributed by atoms with Crippen LogP contribution in [0, 0.1) is 0 Å². The summed E-state index contributed by atoms with van der Waals surface area (Å²) in [6.45, 7) is 14.0. The molecule has 0 atom stereocenters.